The van der Waals surface area contributed by atoms with Crippen LogP contribution in [0.1, 0.15) is 17.2 Å². The predicted octanol–water partition coefficient (Wildman–Crippen LogP) is 2.13. The van der Waals surface area contributed by atoms with Crippen LogP contribution in [0.15, 0.2) is 60.7 Å². The first-order valence-corrected chi connectivity index (χ1v) is 9.50. The van der Waals surface area contributed by atoms with Gasteiger partial charge >= 0.3 is 0 Å². The molecule has 0 amide bonds. The van der Waals surface area contributed by atoms with Crippen LogP contribution in [-0.2, 0) is 16.4 Å². The monoisotopic (exact) mass is 343 g/mol. The molecule has 2 N–H and O–H groups in total. The Bertz CT molecular complexity index is 782. The molecule has 2 rings (SSSR count). The SMILES string of the molecule is C#C[C@H]([C@H](Cc1ccccc1)NS(C)(=O)=O)[C@H](O)c1ccccc1. The van der Waals surface area contributed by atoms with Crippen molar-refractivity contribution in [1.82, 2.24) is 4.72 Å². The molecule has 5 heteroatoms. The fourth-order valence-electron chi connectivity index (χ4n) is 2.67. The number of benzene rings is 2. The number of nitrogens with one attached hydrogen (secondary N) is 1. The zero-order valence-corrected chi connectivity index (χ0v) is 14.3. The molecule has 0 aliphatic carbocycles. The Hall–Kier alpha value is -2.13. The Balaban J connectivity index is 2.31. The number of hydrogen-bond donors (Lipinski definition) is 2. The maximum Gasteiger partial charge on any atom is 0.209 e. The van der Waals surface area contributed by atoms with Crippen molar-refractivity contribution in [3.63, 3.8) is 0 Å². The van der Waals surface area contributed by atoms with Gasteiger partial charge in [0.25, 0.3) is 0 Å². The Labute approximate surface area is 143 Å². The summed E-state index contributed by atoms with van der Waals surface area (Å²) in [5, 5.41) is 10.6. The first kappa shape index (κ1) is 18.2. The van der Waals surface area contributed by atoms with Crippen molar-refractivity contribution in [3.8, 4) is 12.3 Å². The molecule has 2 aromatic rings. The van der Waals surface area contributed by atoms with E-state index in [4.69, 9.17) is 6.42 Å². The molecular weight excluding hydrogens is 322 g/mol. The normalized spacial score (nSPS) is 15.2. The molecule has 0 aromatic heterocycles. The number of terminal acetylenes is 1. The van der Waals surface area contributed by atoms with E-state index in [1.54, 1.807) is 12.1 Å². The number of aliphatic hydroxyl groups excluding tert-OH is 1. The Morgan fingerprint density at radius 2 is 1.62 bits per heavy atom. The van der Waals surface area contributed by atoms with E-state index >= 15 is 0 Å². The Morgan fingerprint density at radius 3 is 2.12 bits per heavy atom. The van der Waals surface area contributed by atoms with Crippen LogP contribution in [0.25, 0.3) is 0 Å². The molecule has 0 radical (unpaired) electrons. The summed E-state index contributed by atoms with van der Waals surface area (Å²) < 4.78 is 26.1. The topological polar surface area (TPSA) is 66.4 Å². The van der Waals surface area contributed by atoms with Crippen LogP contribution < -0.4 is 4.72 Å². The lowest BCUT2D eigenvalue weighted by molar-refractivity contribution is 0.119. The third-order valence-corrected chi connectivity index (χ3v) is 4.50. The summed E-state index contributed by atoms with van der Waals surface area (Å²) in [4.78, 5) is 0. The molecule has 2 aromatic carbocycles. The first-order valence-electron chi connectivity index (χ1n) is 7.61. The molecule has 3 atom stereocenters. The lowest BCUT2D eigenvalue weighted by atomic mass is 9.87. The van der Waals surface area contributed by atoms with Gasteiger partial charge in [0.15, 0.2) is 0 Å². The van der Waals surface area contributed by atoms with Gasteiger partial charge in [-0.3, -0.25) is 0 Å². The summed E-state index contributed by atoms with van der Waals surface area (Å²) in [6.45, 7) is 0. The zero-order chi connectivity index (χ0) is 17.6. The van der Waals surface area contributed by atoms with Crippen LogP contribution in [0, 0.1) is 18.3 Å². The molecule has 0 spiro atoms. The van der Waals surface area contributed by atoms with Crippen molar-refractivity contribution in [2.24, 2.45) is 5.92 Å². The summed E-state index contributed by atoms with van der Waals surface area (Å²) in [6, 6.07) is 17.9. The highest BCUT2D eigenvalue weighted by atomic mass is 32.2. The quantitative estimate of drug-likeness (QED) is 0.757. The lowest BCUT2D eigenvalue weighted by Gasteiger charge is -2.28. The van der Waals surface area contributed by atoms with Crippen molar-refractivity contribution in [2.75, 3.05) is 6.26 Å². The van der Waals surface area contributed by atoms with E-state index in [9.17, 15) is 13.5 Å². The number of sulfonamides is 1. The van der Waals surface area contributed by atoms with E-state index in [0.717, 1.165) is 11.8 Å². The smallest absolute Gasteiger partial charge is 0.209 e. The minimum absolute atomic E-state index is 0.396. The maximum absolute atomic E-state index is 11.8. The molecule has 0 saturated carbocycles. The van der Waals surface area contributed by atoms with Crippen LogP contribution in [0.3, 0.4) is 0 Å². The van der Waals surface area contributed by atoms with Crippen molar-refractivity contribution in [1.29, 1.82) is 0 Å². The van der Waals surface area contributed by atoms with E-state index in [1.165, 1.54) is 0 Å². The number of hydrogen-bond acceptors (Lipinski definition) is 3. The Kier molecular flexibility index (Phi) is 6.16. The standard InChI is InChI=1S/C19H21NO3S/c1-3-17(19(21)16-12-8-5-9-13-16)18(20-24(2,22)23)14-15-10-6-4-7-11-15/h1,4-13,17-21H,14H2,2H3/t17-,18+,19-/m1/s1. The van der Waals surface area contributed by atoms with E-state index in [-0.39, 0.29) is 0 Å². The molecule has 24 heavy (non-hydrogen) atoms. The van der Waals surface area contributed by atoms with Gasteiger partial charge in [-0.25, -0.2) is 13.1 Å². The third-order valence-electron chi connectivity index (χ3n) is 3.77. The molecule has 0 heterocycles. The second kappa shape index (κ2) is 8.11. The van der Waals surface area contributed by atoms with E-state index < -0.39 is 28.1 Å². The van der Waals surface area contributed by atoms with Crippen molar-refractivity contribution in [3.05, 3.63) is 71.8 Å². The molecule has 0 aliphatic rings. The summed E-state index contributed by atoms with van der Waals surface area (Å²) in [5.41, 5.74) is 1.60. The average molecular weight is 343 g/mol. The van der Waals surface area contributed by atoms with E-state index in [1.807, 2.05) is 48.5 Å². The predicted molar refractivity (Wildman–Crippen MR) is 95.6 cm³/mol. The molecule has 0 bridgehead atoms. The van der Waals surface area contributed by atoms with Gasteiger partial charge in [0, 0.05) is 6.04 Å². The van der Waals surface area contributed by atoms with Crippen LogP contribution in [0.4, 0.5) is 0 Å². The highest BCUT2D eigenvalue weighted by Crippen LogP contribution is 2.26. The van der Waals surface area contributed by atoms with Gasteiger partial charge in [-0.1, -0.05) is 66.6 Å². The van der Waals surface area contributed by atoms with E-state index in [2.05, 4.69) is 10.6 Å². The molecule has 0 saturated heterocycles. The minimum atomic E-state index is -3.47. The highest BCUT2D eigenvalue weighted by molar-refractivity contribution is 7.88. The largest absolute Gasteiger partial charge is 0.387 e. The van der Waals surface area contributed by atoms with E-state index in [0.29, 0.717) is 12.0 Å². The fraction of sp³-hybridized carbons (Fsp3) is 0.263. The van der Waals surface area contributed by atoms with Crippen LogP contribution in [-0.4, -0.2) is 25.8 Å². The number of aliphatic hydroxyl groups is 1. The summed E-state index contributed by atoms with van der Waals surface area (Å²) in [7, 11) is -3.47. The second-order valence-electron chi connectivity index (χ2n) is 5.73. The molecule has 126 valence electrons. The minimum Gasteiger partial charge on any atom is -0.387 e. The number of rotatable bonds is 7. The van der Waals surface area contributed by atoms with Crippen molar-refractivity contribution >= 4 is 10.0 Å². The lowest BCUT2D eigenvalue weighted by Crippen LogP contribution is -2.43. The van der Waals surface area contributed by atoms with Crippen molar-refractivity contribution < 1.29 is 13.5 Å². The van der Waals surface area contributed by atoms with Crippen molar-refractivity contribution in [2.45, 2.75) is 18.6 Å². The van der Waals surface area contributed by atoms with Gasteiger partial charge in [-0.05, 0) is 17.5 Å². The third kappa shape index (κ3) is 5.20. The molecule has 0 fully saturated rings. The average Bonchev–Trinajstić information content (AvgIpc) is 2.55. The fourth-order valence-corrected chi connectivity index (χ4v) is 3.45. The molecule has 0 aliphatic heterocycles. The van der Waals surface area contributed by atoms with Gasteiger partial charge in [0.2, 0.25) is 10.0 Å². The highest BCUT2D eigenvalue weighted by Gasteiger charge is 2.30. The van der Waals surface area contributed by atoms with Gasteiger partial charge in [0.05, 0.1) is 18.3 Å². The molecule has 0 unspecified atom stereocenters. The first-order chi connectivity index (χ1) is 11.4. The Morgan fingerprint density at radius 1 is 1.08 bits per heavy atom. The van der Waals surface area contributed by atoms with Gasteiger partial charge in [-0.15, -0.1) is 6.42 Å². The van der Waals surface area contributed by atoms with Crippen LogP contribution >= 0.6 is 0 Å². The van der Waals surface area contributed by atoms with Crippen LogP contribution in [0.5, 0.6) is 0 Å². The second-order valence-corrected chi connectivity index (χ2v) is 7.51. The summed E-state index contributed by atoms with van der Waals surface area (Å²) >= 11 is 0. The summed E-state index contributed by atoms with van der Waals surface area (Å²) in [6.07, 6.45) is 6.17. The van der Waals surface area contributed by atoms with Gasteiger partial charge < -0.3 is 5.11 Å². The zero-order valence-electron chi connectivity index (χ0n) is 13.5. The summed E-state index contributed by atoms with van der Waals surface area (Å²) in [5.74, 6) is 1.87. The van der Waals surface area contributed by atoms with Gasteiger partial charge in [0.1, 0.15) is 0 Å². The molecule has 4 nitrogen and oxygen atoms in total. The van der Waals surface area contributed by atoms with Crippen LogP contribution in [0.2, 0.25) is 0 Å². The van der Waals surface area contributed by atoms with Gasteiger partial charge in [-0.2, -0.15) is 0 Å². The molecular formula is C19H21NO3S. The maximum atomic E-state index is 11.8.